The minimum Gasteiger partial charge on any atom is -0.378 e. The van der Waals surface area contributed by atoms with Crippen molar-refractivity contribution in [1.29, 1.82) is 0 Å². The molecule has 3 saturated heterocycles. The van der Waals surface area contributed by atoms with Gasteiger partial charge in [0, 0.05) is 25.7 Å². The lowest BCUT2D eigenvalue weighted by Crippen LogP contribution is -2.51. The van der Waals surface area contributed by atoms with Crippen molar-refractivity contribution in [3.63, 3.8) is 0 Å². The third kappa shape index (κ3) is 4.22. The molecule has 3 rings (SSSR count). The van der Waals surface area contributed by atoms with Crippen molar-refractivity contribution in [2.75, 3.05) is 38.5 Å². The lowest BCUT2D eigenvalue weighted by atomic mass is 10.0. The van der Waals surface area contributed by atoms with Crippen LogP contribution in [0.25, 0.3) is 0 Å². The van der Waals surface area contributed by atoms with Gasteiger partial charge in [0.1, 0.15) is 0 Å². The summed E-state index contributed by atoms with van der Waals surface area (Å²) >= 11 is 0. The Kier molecular flexibility index (Phi) is 5.76. The predicted octanol–water partition coefficient (Wildman–Crippen LogP) is 1.84. The third-order valence-electron chi connectivity index (χ3n) is 5.38. The van der Waals surface area contributed by atoms with Crippen molar-refractivity contribution in [2.24, 2.45) is 0 Å². The molecule has 0 aromatic carbocycles. The van der Waals surface area contributed by atoms with Gasteiger partial charge >= 0.3 is 0 Å². The van der Waals surface area contributed by atoms with Crippen LogP contribution >= 0.6 is 0 Å². The Balaban J connectivity index is 1.53. The van der Waals surface area contributed by atoms with Crippen LogP contribution < -0.4 is 0 Å². The highest BCUT2D eigenvalue weighted by Gasteiger charge is 2.32. The van der Waals surface area contributed by atoms with Gasteiger partial charge in [-0.3, -0.25) is 4.90 Å². The van der Waals surface area contributed by atoms with Crippen LogP contribution in [0.3, 0.4) is 0 Å². The minimum atomic E-state index is -3.12. The topological polar surface area (TPSA) is 49.9 Å². The van der Waals surface area contributed by atoms with Crippen LogP contribution in [0.1, 0.15) is 51.4 Å². The van der Waals surface area contributed by atoms with Crippen LogP contribution in [0, 0.1) is 0 Å². The molecule has 0 aromatic heterocycles. The second kappa shape index (κ2) is 7.60. The number of hydrogen-bond donors (Lipinski definition) is 0. The average molecular weight is 330 g/mol. The van der Waals surface area contributed by atoms with Crippen LogP contribution in [0.15, 0.2) is 0 Å². The molecule has 5 nitrogen and oxygen atoms in total. The molecular formula is C16H30N2O3S. The van der Waals surface area contributed by atoms with Gasteiger partial charge in [-0.05, 0) is 58.0 Å². The average Bonchev–Trinajstić information content (AvgIpc) is 3.08. The molecule has 0 radical (unpaired) electrons. The summed E-state index contributed by atoms with van der Waals surface area (Å²) in [7, 11) is -3.12. The first-order valence-corrected chi connectivity index (χ1v) is 10.6. The summed E-state index contributed by atoms with van der Waals surface area (Å²) < 4.78 is 32.6. The Morgan fingerprint density at radius 2 is 1.77 bits per heavy atom. The van der Waals surface area contributed by atoms with Crippen molar-refractivity contribution in [3.05, 3.63) is 0 Å². The highest BCUT2D eigenvalue weighted by atomic mass is 32.2. The van der Waals surface area contributed by atoms with E-state index in [1.807, 2.05) is 0 Å². The Morgan fingerprint density at radius 3 is 2.50 bits per heavy atom. The van der Waals surface area contributed by atoms with Gasteiger partial charge < -0.3 is 4.74 Å². The van der Waals surface area contributed by atoms with Crippen LogP contribution in [-0.4, -0.2) is 68.3 Å². The lowest BCUT2D eigenvalue weighted by Gasteiger charge is -2.40. The minimum absolute atomic E-state index is 0.164. The molecule has 3 aliphatic rings. The summed E-state index contributed by atoms with van der Waals surface area (Å²) in [6, 6.07) is 0.437. The van der Waals surface area contributed by atoms with Gasteiger partial charge in [0.05, 0.1) is 11.9 Å². The van der Waals surface area contributed by atoms with E-state index in [2.05, 4.69) is 4.90 Å². The molecular weight excluding hydrogens is 300 g/mol. The largest absolute Gasteiger partial charge is 0.378 e. The van der Waals surface area contributed by atoms with Crippen molar-refractivity contribution in [3.8, 4) is 0 Å². The van der Waals surface area contributed by atoms with Gasteiger partial charge in [-0.25, -0.2) is 12.7 Å². The van der Waals surface area contributed by atoms with E-state index in [0.29, 0.717) is 25.6 Å². The molecule has 0 unspecified atom stereocenters. The van der Waals surface area contributed by atoms with Crippen LogP contribution in [0.2, 0.25) is 0 Å². The van der Waals surface area contributed by atoms with Crippen molar-refractivity contribution in [1.82, 2.24) is 9.21 Å². The van der Waals surface area contributed by atoms with E-state index in [0.717, 1.165) is 45.4 Å². The highest BCUT2D eigenvalue weighted by molar-refractivity contribution is 7.89. The molecule has 6 heteroatoms. The van der Waals surface area contributed by atoms with E-state index in [4.69, 9.17) is 4.74 Å². The molecule has 0 N–H and O–H groups in total. The number of nitrogens with zero attached hydrogens (tertiary/aromatic N) is 2. The Hall–Kier alpha value is -0.170. The fourth-order valence-electron chi connectivity index (χ4n) is 4.04. The van der Waals surface area contributed by atoms with Crippen molar-refractivity contribution >= 4 is 10.0 Å². The van der Waals surface area contributed by atoms with E-state index in [9.17, 15) is 8.42 Å². The number of piperidine rings is 2. The SMILES string of the molecule is O=S(=O)(CC[C@@H]1CCCO1)N1CCC[C@H](N2CCCCC2)C1. The number of ether oxygens (including phenoxy) is 1. The van der Waals surface area contributed by atoms with Crippen LogP contribution in [-0.2, 0) is 14.8 Å². The number of sulfonamides is 1. The molecule has 3 heterocycles. The first kappa shape index (κ1) is 16.7. The van der Waals surface area contributed by atoms with E-state index < -0.39 is 10.0 Å². The van der Waals surface area contributed by atoms with Gasteiger partial charge in [0.2, 0.25) is 10.0 Å². The van der Waals surface area contributed by atoms with Crippen LogP contribution in [0.5, 0.6) is 0 Å². The predicted molar refractivity (Wildman–Crippen MR) is 87.4 cm³/mol. The van der Waals surface area contributed by atoms with Gasteiger partial charge in [-0.2, -0.15) is 0 Å². The van der Waals surface area contributed by atoms with E-state index >= 15 is 0 Å². The Bertz CT molecular complexity index is 442. The second-order valence-corrected chi connectivity index (χ2v) is 9.08. The molecule has 0 bridgehead atoms. The standard InChI is InChI=1S/C16H30N2O3S/c19-22(20,13-8-16-7-5-12-21-16)18-11-4-6-15(14-18)17-9-2-1-3-10-17/h15-16H,1-14H2/t15-,16-/m0/s1. The molecule has 0 spiro atoms. The fraction of sp³-hybridized carbons (Fsp3) is 1.00. The van der Waals surface area contributed by atoms with Gasteiger partial charge in [0.15, 0.2) is 0 Å². The Labute approximate surface area is 135 Å². The van der Waals surface area contributed by atoms with Crippen molar-refractivity contribution in [2.45, 2.75) is 63.5 Å². The highest BCUT2D eigenvalue weighted by Crippen LogP contribution is 2.23. The lowest BCUT2D eigenvalue weighted by molar-refractivity contribution is 0.106. The molecule has 0 saturated carbocycles. The molecule has 3 fully saturated rings. The summed E-state index contributed by atoms with van der Waals surface area (Å²) in [5.41, 5.74) is 0. The normalized spacial score (nSPS) is 32.4. The zero-order valence-corrected chi connectivity index (χ0v) is 14.4. The van der Waals surface area contributed by atoms with Crippen molar-refractivity contribution < 1.29 is 13.2 Å². The second-order valence-electron chi connectivity index (χ2n) is 6.99. The third-order valence-corrected chi connectivity index (χ3v) is 7.25. The summed E-state index contributed by atoms with van der Waals surface area (Å²) in [4.78, 5) is 2.52. The molecule has 0 aromatic rings. The maximum atomic E-state index is 12.6. The fourth-order valence-corrected chi connectivity index (χ4v) is 5.66. The maximum absolute atomic E-state index is 12.6. The van der Waals surface area contributed by atoms with E-state index in [1.165, 1.54) is 19.3 Å². The van der Waals surface area contributed by atoms with Crippen LogP contribution in [0.4, 0.5) is 0 Å². The monoisotopic (exact) mass is 330 g/mol. The zero-order valence-electron chi connectivity index (χ0n) is 13.6. The molecule has 0 amide bonds. The van der Waals surface area contributed by atoms with Gasteiger partial charge in [0.25, 0.3) is 0 Å². The van der Waals surface area contributed by atoms with E-state index in [-0.39, 0.29) is 11.9 Å². The first-order valence-electron chi connectivity index (χ1n) is 8.99. The van der Waals surface area contributed by atoms with E-state index in [1.54, 1.807) is 4.31 Å². The number of hydrogen-bond acceptors (Lipinski definition) is 4. The van der Waals surface area contributed by atoms with Gasteiger partial charge in [-0.15, -0.1) is 0 Å². The molecule has 3 aliphatic heterocycles. The number of rotatable bonds is 5. The summed E-state index contributed by atoms with van der Waals surface area (Å²) in [6.07, 6.45) is 8.93. The molecule has 128 valence electrons. The smallest absolute Gasteiger partial charge is 0.214 e. The Morgan fingerprint density at radius 1 is 0.955 bits per heavy atom. The molecule has 2 atom stereocenters. The number of likely N-dealkylation sites (tertiary alicyclic amines) is 1. The summed E-state index contributed by atoms with van der Waals surface area (Å²) in [5, 5.41) is 0. The molecule has 0 aliphatic carbocycles. The first-order chi connectivity index (χ1) is 10.6. The maximum Gasteiger partial charge on any atom is 0.214 e. The summed E-state index contributed by atoms with van der Waals surface area (Å²) in [5.74, 6) is 0.254. The zero-order chi connectivity index (χ0) is 15.4. The molecule has 22 heavy (non-hydrogen) atoms. The summed E-state index contributed by atoms with van der Waals surface area (Å²) in [6.45, 7) is 4.50. The quantitative estimate of drug-likeness (QED) is 0.772. The van der Waals surface area contributed by atoms with Gasteiger partial charge in [-0.1, -0.05) is 6.42 Å².